The number of ether oxygens (including phenoxy) is 3. The van der Waals surface area contributed by atoms with Gasteiger partial charge in [0.15, 0.2) is 11.5 Å². The lowest BCUT2D eigenvalue weighted by atomic mass is 10.0. The average molecular weight is 502 g/mol. The van der Waals surface area contributed by atoms with Crippen LogP contribution in [0.3, 0.4) is 0 Å². The molecular weight excluding hydrogens is 462 g/mol. The van der Waals surface area contributed by atoms with Crippen LogP contribution in [0.15, 0.2) is 24.4 Å². The van der Waals surface area contributed by atoms with Gasteiger partial charge in [0.1, 0.15) is 0 Å². The van der Waals surface area contributed by atoms with E-state index >= 15 is 0 Å². The standard InChI is InChI=1S/C26H39N5O5/c1-19-14-30(20(2)17-32)25(33)9-5-10-31-22(13-27-28-31)18-36-24(19)16-29(3)15-21-7-4-8-23-26(21)35-12-6-11-34-23/h4,7-8,13,19-20,24,32H,5-6,9-12,14-18H2,1-3H3/t19-,20+,24+/m0/s1. The van der Waals surface area contributed by atoms with Crippen molar-refractivity contribution < 1.29 is 24.1 Å². The van der Waals surface area contributed by atoms with Crippen molar-refractivity contribution in [3.05, 3.63) is 35.7 Å². The van der Waals surface area contributed by atoms with E-state index < -0.39 is 0 Å². The van der Waals surface area contributed by atoms with E-state index in [4.69, 9.17) is 14.2 Å². The first-order valence-corrected chi connectivity index (χ1v) is 12.9. The van der Waals surface area contributed by atoms with E-state index in [2.05, 4.69) is 35.2 Å². The Morgan fingerprint density at radius 1 is 1.25 bits per heavy atom. The molecule has 198 valence electrons. The minimum Gasteiger partial charge on any atom is -0.490 e. The molecule has 0 unspecified atom stereocenters. The van der Waals surface area contributed by atoms with Gasteiger partial charge in [-0.2, -0.15) is 0 Å². The minimum atomic E-state index is -0.250. The number of carbonyl (C=O) groups excluding carboxylic acids is 1. The maximum absolute atomic E-state index is 13.1. The Hall–Kier alpha value is -2.69. The number of benzene rings is 1. The van der Waals surface area contributed by atoms with Crippen LogP contribution in [0.1, 0.15) is 44.4 Å². The molecule has 0 aliphatic carbocycles. The number of para-hydroxylation sites is 1. The zero-order valence-corrected chi connectivity index (χ0v) is 21.6. The Morgan fingerprint density at radius 3 is 2.92 bits per heavy atom. The van der Waals surface area contributed by atoms with E-state index in [1.165, 1.54) is 0 Å². The van der Waals surface area contributed by atoms with Gasteiger partial charge in [0, 0.05) is 50.5 Å². The van der Waals surface area contributed by atoms with Crippen molar-refractivity contribution in [3.8, 4) is 11.5 Å². The molecule has 0 fully saturated rings. The SMILES string of the molecule is C[C@H](CO)N1C[C@H](C)[C@@H](CN(C)Cc2cccc3c2OCCCO3)OCc2cnnn2CCCC1=O. The predicted octanol–water partition coefficient (Wildman–Crippen LogP) is 2.10. The second-order valence-corrected chi connectivity index (χ2v) is 9.95. The molecule has 0 saturated heterocycles. The van der Waals surface area contributed by atoms with E-state index in [0.717, 1.165) is 29.2 Å². The fraction of sp³-hybridized carbons (Fsp3) is 0.654. The molecule has 2 aliphatic heterocycles. The van der Waals surface area contributed by atoms with Gasteiger partial charge < -0.3 is 24.2 Å². The van der Waals surface area contributed by atoms with E-state index in [0.29, 0.717) is 58.8 Å². The first-order valence-electron chi connectivity index (χ1n) is 12.9. The molecule has 0 bridgehead atoms. The van der Waals surface area contributed by atoms with Crippen LogP contribution >= 0.6 is 0 Å². The molecule has 0 saturated carbocycles. The van der Waals surface area contributed by atoms with Crippen molar-refractivity contribution in [2.24, 2.45) is 5.92 Å². The number of aryl methyl sites for hydroxylation is 1. The third-order valence-corrected chi connectivity index (χ3v) is 6.92. The van der Waals surface area contributed by atoms with Crippen LogP contribution in [0, 0.1) is 5.92 Å². The van der Waals surface area contributed by atoms with E-state index in [9.17, 15) is 9.90 Å². The van der Waals surface area contributed by atoms with Gasteiger partial charge in [0.05, 0.1) is 50.5 Å². The lowest BCUT2D eigenvalue weighted by Gasteiger charge is -2.35. The Balaban J connectivity index is 1.51. The summed E-state index contributed by atoms with van der Waals surface area (Å²) >= 11 is 0. The predicted molar refractivity (Wildman–Crippen MR) is 134 cm³/mol. The largest absolute Gasteiger partial charge is 0.490 e. The summed E-state index contributed by atoms with van der Waals surface area (Å²) in [7, 11) is 2.06. The molecule has 0 spiro atoms. The first-order chi connectivity index (χ1) is 17.5. The van der Waals surface area contributed by atoms with Gasteiger partial charge in [-0.05, 0) is 26.5 Å². The molecule has 36 heavy (non-hydrogen) atoms. The van der Waals surface area contributed by atoms with Gasteiger partial charge in [-0.15, -0.1) is 5.10 Å². The topological polar surface area (TPSA) is 102 Å². The molecule has 1 aromatic heterocycles. The summed E-state index contributed by atoms with van der Waals surface area (Å²) in [5.74, 6) is 1.70. The van der Waals surface area contributed by atoms with Crippen molar-refractivity contribution in [1.29, 1.82) is 0 Å². The number of aliphatic hydroxyl groups excluding tert-OH is 1. The normalized spacial score (nSPS) is 22.4. The highest BCUT2D eigenvalue weighted by Gasteiger charge is 2.28. The molecule has 4 rings (SSSR count). The summed E-state index contributed by atoms with van der Waals surface area (Å²) in [4.78, 5) is 17.1. The van der Waals surface area contributed by atoms with Crippen LogP contribution < -0.4 is 9.47 Å². The smallest absolute Gasteiger partial charge is 0.222 e. The first kappa shape index (κ1) is 26.4. The molecule has 1 N–H and O–H groups in total. The van der Waals surface area contributed by atoms with Gasteiger partial charge >= 0.3 is 0 Å². The number of hydrogen-bond acceptors (Lipinski definition) is 8. The van der Waals surface area contributed by atoms with E-state index in [1.807, 2.05) is 23.7 Å². The number of nitrogens with zero attached hydrogens (tertiary/aromatic N) is 5. The van der Waals surface area contributed by atoms with Gasteiger partial charge in [0.25, 0.3) is 0 Å². The van der Waals surface area contributed by atoms with E-state index in [-0.39, 0.29) is 30.6 Å². The molecule has 2 aliphatic rings. The zero-order chi connectivity index (χ0) is 25.5. The summed E-state index contributed by atoms with van der Waals surface area (Å²) in [6.07, 6.45) is 3.51. The van der Waals surface area contributed by atoms with E-state index in [1.54, 1.807) is 11.1 Å². The Labute approximate surface area is 213 Å². The summed E-state index contributed by atoms with van der Waals surface area (Å²) in [5, 5.41) is 18.0. The lowest BCUT2D eigenvalue weighted by molar-refractivity contribution is -0.136. The monoisotopic (exact) mass is 501 g/mol. The summed E-state index contributed by atoms with van der Waals surface area (Å²) < 4.78 is 20.1. The Kier molecular flexibility index (Phi) is 9.17. The molecule has 0 radical (unpaired) electrons. The molecule has 10 nitrogen and oxygen atoms in total. The number of likely N-dealkylation sites (N-methyl/N-ethyl adjacent to an activating group) is 1. The van der Waals surface area contributed by atoms with Crippen LogP contribution in [-0.2, 0) is 29.2 Å². The van der Waals surface area contributed by atoms with Crippen LogP contribution in [0.2, 0.25) is 0 Å². The Bertz CT molecular complexity index is 999. The molecule has 1 amide bonds. The third-order valence-electron chi connectivity index (χ3n) is 6.92. The number of aliphatic hydroxyl groups is 1. The second kappa shape index (κ2) is 12.5. The number of amides is 1. The lowest BCUT2D eigenvalue weighted by Crippen LogP contribution is -2.47. The molecule has 10 heteroatoms. The molecule has 3 heterocycles. The number of hydrogen-bond donors (Lipinski definition) is 1. The number of fused-ring (bicyclic) bond motifs is 2. The summed E-state index contributed by atoms with van der Waals surface area (Å²) in [5.41, 5.74) is 1.98. The minimum absolute atomic E-state index is 0.0432. The summed E-state index contributed by atoms with van der Waals surface area (Å²) in [6, 6.07) is 5.77. The van der Waals surface area contributed by atoms with Crippen molar-refractivity contribution in [1.82, 2.24) is 24.8 Å². The van der Waals surface area contributed by atoms with Gasteiger partial charge in [-0.1, -0.05) is 24.3 Å². The quantitative estimate of drug-likeness (QED) is 0.642. The fourth-order valence-corrected chi connectivity index (χ4v) is 4.79. The van der Waals surface area contributed by atoms with Crippen LogP contribution in [0.5, 0.6) is 11.5 Å². The molecular formula is C26H39N5O5. The number of rotatable bonds is 6. The second-order valence-electron chi connectivity index (χ2n) is 9.95. The molecule has 2 aromatic rings. The maximum atomic E-state index is 13.1. The molecule has 1 aromatic carbocycles. The van der Waals surface area contributed by atoms with Crippen molar-refractivity contribution in [2.75, 3.05) is 40.0 Å². The van der Waals surface area contributed by atoms with Gasteiger partial charge in [-0.3, -0.25) is 9.69 Å². The maximum Gasteiger partial charge on any atom is 0.222 e. The highest BCUT2D eigenvalue weighted by atomic mass is 16.5. The number of carbonyl (C=O) groups is 1. The van der Waals surface area contributed by atoms with Crippen LogP contribution in [-0.4, -0.2) is 87.9 Å². The third kappa shape index (κ3) is 6.54. The van der Waals surface area contributed by atoms with Crippen LogP contribution in [0.25, 0.3) is 0 Å². The number of aromatic nitrogens is 3. The van der Waals surface area contributed by atoms with Crippen molar-refractivity contribution >= 4 is 5.91 Å². The highest BCUT2D eigenvalue weighted by molar-refractivity contribution is 5.76. The fourth-order valence-electron chi connectivity index (χ4n) is 4.79. The molecule has 3 atom stereocenters. The van der Waals surface area contributed by atoms with Gasteiger partial charge in [0.2, 0.25) is 5.91 Å². The zero-order valence-electron chi connectivity index (χ0n) is 21.6. The van der Waals surface area contributed by atoms with Gasteiger partial charge in [-0.25, -0.2) is 4.68 Å². The highest BCUT2D eigenvalue weighted by Crippen LogP contribution is 2.34. The Morgan fingerprint density at radius 2 is 2.08 bits per heavy atom. The van der Waals surface area contributed by atoms with Crippen LogP contribution in [0.4, 0.5) is 0 Å². The average Bonchev–Trinajstić information content (AvgIpc) is 3.16. The van der Waals surface area contributed by atoms with Crippen molar-refractivity contribution in [2.45, 2.75) is 65.0 Å². The van der Waals surface area contributed by atoms with Crippen molar-refractivity contribution in [3.63, 3.8) is 0 Å². The summed E-state index contributed by atoms with van der Waals surface area (Å²) in [6.45, 7) is 8.08.